The minimum Gasteiger partial charge on any atom is -0.496 e. The molecular weight excluding hydrogens is 152 g/mol. The summed E-state index contributed by atoms with van der Waals surface area (Å²) < 4.78 is 5.48. The highest BCUT2D eigenvalue weighted by Crippen LogP contribution is 2.33. The molecule has 0 aromatic carbocycles. The van der Waals surface area contributed by atoms with E-state index < -0.39 is 0 Å². The maximum Gasteiger partial charge on any atom is 0.111 e. The summed E-state index contributed by atoms with van der Waals surface area (Å²) in [5.74, 6) is 7.27. The molecule has 1 aliphatic carbocycles. The fraction of sp³-hybridized carbons (Fsp3) is 0.778. The summed E-state index contributed by atoms with van der Waals surface area (Å²) in [5, 5.41) is 0. The first-order chi connectivity index (χ1) is 5.92. The van der Waals surface area contributed by atoms with Crippen LogP contribution in [0.15, 0.2) is 11.8 Å². The fourth-order valence-corrected chi connectivity index (χ4v) is 1.88. The van der Waals surface area contributed by atoms with Crippen LogP contribution in [0.25, 0.3) is 0 Å². The summed E-state index contributed by atoms with van der Waals surface area (Å²) in [6.07, 6.45) is 7.12. The van der Waals surface area contributed by atoms with E-state index in [2.05, 4.69) is 11.5 Å². The van der Waals surface area contributed by atoms with Gasteiger partial charge >= 0.3 is 0 Å². The Kier molecular flexibility index (Phi) is 2.33. The first kappa shape index (κ1) is 8.08. The highest BCUT2D eigenvalue weighted by Gasteiger charge is 2.31. The highest BCUT2D eigenvalue weighted by atomic mass is 16.5. The smallest absolute Gasteiger partial charge is 0.111 e. The van der Waals surface area contributed by atoms with Crippen molar-refractivity contribution in [2.24, 2.45) is 11.8 Å². The first-order valence-corrected chi connectivity index (χ1v) is 4.71. The predicted octanol–water partition coefficient (Wildman–Crippen LogP) is 0.923. The van der Waals surface area contributed by atoms with Gasteiger partial charge in [0.2, 0.25) is 0 Å². The van der Waals surface area contributed by atoms with E-state index in [0.29, 0.717) is 5.92 Å². The third kappa shape index (κ3) is 1.34. The lowest BCUT2D eigenvalue weighted by Crippen LogP contribution is -2.44. The Morgan fingerprint density at radius 2 is 2.42 bits per heavy atom. The molecule has 2 aliphatic rings. The van der Waals surface area contributed by atoms with Gasteiger partial charge in [-0.2, -0.15) is 0 Å². The van der Waals surface area contributed by atoms with Crippen LogP contribution in [0.1, 0.15) is 25.7 Å². The number of nitrogens with two attached hydrogens (primary N) is 1. The Morgan fingerprint density at radius 1 is 1.58 bits per heavy atom. The average molecular weight is 168 g/mol. The van der Waals surface area contributed by atoms with Gasteiger partial charge in [0.05, 0.1) is 12.6 Å². The summed E-state index contributed by atoms with van der Waals surface area (Å²) in [6, 6.07) is 0.279. The molecular formula is C9H16N2O. The maximum absolute atomic E-state index is 5.49. The van der Waals surface area contributed by atoms with Crippen LogP contribution in [-0.2, 0) is 4.74 Å². The fourth-order valence-electron chi connectivity index (χ4n) is 1.88. The zero-order valence-corrected chi connectivity index (χ0v) is 7.25. The topological polar surface area (TPSA) is 47.3 Å². The SMILES string of the molecule is NNC(C1=CCCO1)C1CCC1. The molecule has 0 aromatic rings. The second kappa shape index (κ2) is 3.46. The van der Waals surface area contributed by atoms with Gasteiger partial charge in [-0.05, 0) is 24.8 Å². The number of hydrogen-bond donors (Lipinski definition) is 2. The van der Waals surface area contributed by atoms with E-state index in [1.807, 2.05) is 0 Å². The van der Waals surface area contributed by atoms with Crippen molar-refractivity contribution in [2.75, 3.05) is 6.61 Å². The zero-order valence-electron chi connectivity index (χ0n) is 7.25. The van der Waals surface area contributed by atoms with Crippen LogP contribution in [0, 0.1) is 5.92 Å². The second-order valence-corrected chi connectivity index (χ2v) is 3.58. The molecule has 1 fully saturated rings. The van der Waals surface area contributed by atoms with Crippen LogP contribution >= 0.6 is 0 Å². The number of nitrogens with one attached hydrogen (secondary N) is 1. The molecule has 0 amide bonds. The van der Waals surface area contributed by atoms with E-state index in [0.717, 1.165) is 18.8 Å². The Balaban J connectivity index is 1.96. The standard InChI is InChI=1S/C9H16N2O/c10-11-9(7-3-1-4-7)8-5-2-6-12-8/h5,7,9,11H,1-4,6,10H2. The van der Waals surface area contributed by atoms with Crippen molar-refractivity contribution < 1.29 is 4.74 Å². The lowest BCUT2D eigenvalue weighted by Gasteiger charge is -2.33. The molecule has 2 rings (SSSR count). The molecule has 68 valence electrons. The van der Waals surface area contributed by atoms with E-state index in [9.17, 15) is 0 Å². The Bertz CT molecular complexity index is 187. The molecule has 0 aromatic heterocycles. The van der Waals surface area contributed by atoms with E-state index >= 15 is 0 Å². The third-order valence-corrected chi connectivity index (χ3v) is 2.84. The molecule has 1 atom stereocenters. The van der Waals surface area contributed by atoms with Crippen molar-refractivity contribution in [1.82, 2.24) is 5.43 Å². The first-order valence-electron chi connectivity index (χ1n) is 4.71. The van der Waals surface area contributed by atoms with Crippen LogP contribution in [-0.4, -0.2) is 12.6 Å². The van der Waals surface area contributed by atoms with Gasteiger partial charge in [-0.1, -0.05) is 6.42 Å². The highest BCUT2D eigenvalue weighted by molar-refractivity contribution is 5.09. The molecule has 1 heterocycles. The molecule has 0 spiro atoms. The Labute approximate surface area is 72.9 Å². The molecule has 3 N–H and O–H groups in total. The van der Waals surface area contributed by atoms with Gasteiger partial charge in [-0.3, -0.25) is 5.84 Å². The van der Waals surface area contributed by atoms with E-state index in [-0.39, 0.29) is 6.04 Å². The quantitative estimate of drug-likeness (QED) is 0.486. The van der Waals surface area contributed by atoms with Gasteiger partial charge in [0.25, 0.3) is 0 Å². The molecule has 3 nitrogen and oxygen atoms in total. The normalized spacial score (nSPS) is 25.9. The lowest BCUT2D eigenvalue weighted by molar-refractivity contribution is 0.160. The minimum absolute atomic E-state index is 0.279. The van der Waals surface area contributed by atoms with Crippen molar-refractivity contribution in [3.05, 3.63) is 11.8 Å². The number of rotatable bonds is 3. The second-order valence-electron chi connectivity index (χ2n) is 3.58. The largest absolute Gasteiger partial charge is 0.496 e. The van der Waals surface area contributed by atoms with Crippen LogP contribution in [0.3, 0.4) is 0 Å². The summed E-state index contributed by atoms with van der Waals surface area (Å²) in [6.45, 7) is 0.834. The van der Waals surface area contributed by atoms with Crippen molar-refractivity contribution in [1.29, 1.82) is 0 Å². The maximum atomic E-state index is 5.49. The van der Waals surface area contributed by atoms with Gasteiger partial charge in [0, 0.05) is 6.42 Å². The van der Waals surface area contributed by atoms with Crippen LogP contribution < -0.4 is 11.3 Å². The summed E-state index contributed by atoms with van der Waals surface area (Å²) in [4.78, 5) is 0. The lowest BCUT2D eigenvalue weighted by atomic mass is 9.79. The van der Waals surface area contributed by atoms with Crippen molar-refractivity contribution in [3.63, 3.8) is 0 Å². The molecule has 1 unspecified atom stereocenters. The molecule has 0 saturated heterocycles. The summed E-state index contributed by atoms with van der Waals surface area (Å²) in [7, 11) is 0. The van der Waals surface area contributed by atoms with Gasteiger partial charge in [-0.25, -0.2) is 5.43 Å². The number of hydrazine groups is 1. The van der Waals surface area contributed by atoms with Crippen LogP contribution in [0.4, 0.5) is 0 Å². The van der Waals surface area contributed by atoms with Gasteiger partial charge in [-0.15, -0.1) is 0 Å². The van der Waals surface area contributed by atoms with E-state index in [1.165, 1.54) is 19.3 Å². The summed E-state index contributed by atoms with van der Waals surface area (Å²) >= 11 is 0. The number of ether oxygens (including phenoxy) is 1. The molecule has 3 heteroatoms. The predicted molar refractivity (Wildman–Crippen MR) is 47.1 cm³/mol. The van der Waals surface area contributed by atoms with Crippen molar-refractivity contribution in [3.8, 4) is 0 Å². The molecule has 12 heavy (non-hydrogen) atoms. The Morgan fingerprint density at radius 3 is 2.83 bits per heavy atom. The molecule has 0 radical (unpaired) electrons. The van der Waals surface area contributed by atoms with Crippen LogP contribution in [0.2, 0.25) is 0 Å². The van der Waals surface area contributed by atoms with Gasteiger partial charge in [0.1, 0.15) is 5.76 Å². The monoisotopic (exact) mass is 168 g/mol. The van der Waals surface area contributed by atoms with E-state index in [4.69, 9.17) is 10.6 Å². The Hall–Kier alpha value is -0.540. The van der Waals surface area contributed by atoms with Crippen molar-refractivity contribution >= 4 is 0 Å². The van der Waals surface area contributed by atoms with Crippen molar-refractivity contribution in [2.45, 2.75) is 31.7 Å². The summed E-state index contributed by atoms with van der Waals surface area (Å²) in [5.41, 5.74) is 2.85. The van der Waals surface area contributed by atoms with Gasteiger partial charge < -0.3 is 4.74 Å². The minimum atomic E-state index is 0.279. The molecule has 1 saturated carbocycles. The van der Waals surface area contributed by atoms with E-state index in [1.54, 1.807) is 0 Å². The molecule has 0 bridgehead atoms. The number of hydrogen-bond acceptors (Lipinski definition) is 3. The van der Waals surface area contributed by atoms with Gasteiger partial charge in [0.15, 0.2) is 0 Å². The average Bonchev–Trinajstić information content (AvgIpc) is 2.47. The van der Waals surface area contributed by atoms with Crippen LogP contribution in [0.5, 0.6) is 0 Å². The molecule has 1 aliphatic heterocycles. The third-order valence-electron chi connectivity index (χ3n) is 2.84. The zero-order chi connectivity index (χ0) is 8.39.